The molecule has 1 aliphatic rings. The number of piperidine rings is 1. The van der Waals surface area contributed by atoms with Crippen LogP contribution < -0.4 is 5.32 Å². The minimum atomic E-state index is -0.125. The van der Waals surface area contributed by atoms with E-state index in [0.29, 0.717) is 5.92 Å². The largest absolute Gasteiger partial charge is 0.341 e. The van der Waals surface area contributed by atoms with Crippen molar-refractivity contribution in [3.63, 3.8) is 0 Å². The second kappa shape index (κ2) is 8.30. The number of amides is 1. The van der Waals surface area contributed by atoms with E-state index < -0.39 is 0 Å². The standard InChI is InChI=1S/C18H29N3O/c1-19-17(12-15-8-5-4-6-9-15)18(22)21-11-7-10-16(14-21)13-20(2)3/h4-6,8-9,16-17,19H,7,10-14H2,1-3H3/t16-,17?/m0/s1. The van der Waals surface area contributed by atoms with Crippen LogP contribution in [0.5, 0.6) is 0 Å². The van der Waals surface area contributed by atoms with E-state index in [1.54, 1.807) is 0 Å². The lowest BCUT2D eigenvalue weighted by Gasteiger charge is -2.36. The molecule has 1 aliphatic heterocycles. The van der Waals surface area contributed by atoms with E-state index in [2.05, 4.69) is 41.3 Å². The fraction of sp³-hybridized carbons (Fsp3) is 0.611. The molecule has 0 spiro atoms. The van der Waals surface area contributed by atoms with Gasteiger partial charge in [-0.05, 0) is 51.9 Å². The summed E-state index contributed by atoms with van der Waals surface area (Å²) in [6.07, 6.45) is 3.10. The Labute approximate surface area is 134 Å². The zero-order valence-electron chi connectivity index (χ0n) is 14.1. The average Bonchev–Trinajstić information content (AvgIpc) is 2.52. The number of benzene rings is 1. The van der Waals surface area contributed by atoms with Crippen LogP contribution in [0.25, 0.3) is 0 Å². The Morgan fingerprint density at radius 1 is 1.36 bits per heavy atom. The number of likely N-dealkylation sites (tertiary alicyclic amines) is 1. The summed E-state index contributed by atoms with van der Waals surface area (Å²) in [7, 11) is 6.09. The molecule has 1 saturated heterocycles. The van der Waals surface area contributed by atoms with Gasteiger partial charge in [0.05, 0.1) is 6.04 Å². The van der Waals surface area contributed by atoms with E-state index in [1.807, 2.05) is 25.2 Å². The second-order valence-electron chi connectivity index (χ2n) is 6.59. The number of carbonyl (C=O) groups excluding carboxylic acids is 1. The molecule has 1 aromatic rings. The van der Waals surface area contributed by atoms with Crippen LogP contribution in [-0.4, -0.2) is 62.5 Å². The van der Waals surface area contributed by atoms with Gasteiger partial charge in [-0.2, -0.15) is 0 Å². The topological polar surface area (TPSA) is 35.6 Å². The molecule has 1 aromatic carbocycles. The molecule has 4 heteroatoms. The highest BCUT2D eigenvalue weighted by molar-refractivity contribution is 5.82. The van der Waals surface area contributed by atoms with Gasteiger partial charge in [-0.15, -0.1) is 0 Å². The van der Waals surface area contributed by atoms with Crippen LogP contribution >= 0.6 is 0 Å². The molecule has 22 heavy (non-hydrogen) atoms. The number of hydrogen-bond donors (Lipinski definition) is 1. The molecule has 2 atom stereocenters. The van der Waals surface area contributed by atoms with Gasteiger partial charge in [-0.3, -0.25) is 4.79 Å². The molecule has 122 valence electrons. The molecule has 0 saturated carbocycles. The highest BCUT2D eigenvalue weighted by atomic mass is 16.2. The third-order valence-electron chi connectivity index (χ3n) is 4.38. The van der Waals surface area contributed by atoms with Gasteiger partial charge in [0.15, 0.2) is 0 Å². The van der Waals surface area contributed by atoms with Crippen molar-refractivity contribution < 1.29 is 4.79 Å². The monoisotopic (exact) mass is 303 g/mol. The van der Waals surface area contributed by atoms with E-state index in [0.717, 1.165) is 32.5 Å². The first kappa shape index (κ1) is 17.0. The van der Waals surface area contributed by atoms with Crippen LogP contribution in [0.1, 0.15) is 18.4 Å². The summed E-state index contributed by atoms with van der Waals surface area (Å²) in [5, 5.41) is 3.20. The van der Waals surface area contributed by atoms with E-state index >= 15 is 0 Å². The summed E-state index contributed by atoms with van der Waals surface area (Å²) in [4.78, 5) is 17.1. The Kier molecular flexibility index (Phi) is 6.40. The third-order valence-corrected chi connectivity index (χ3v) is 4.38. The molecule has 1 heterocycles. The maximum atomic E-state index is 12.8. The lowest BCUT2D eigenvalue weighted by atomic mass is 9.96. The van der Waals surface area contributed by atoms with E-state index in [9.17, 15) is 4.79 Å². The molecule has 0 aromatic heterocycles. The Balaban J connectivity index is 1.95. The first-order valence-corrected chi connectivity index (χ1v) is 8.25. The van der Waals surface area contributed by atoms with Gasteiger partial charge in [0, 0.05) is 19.6 Å². The van der Waals surface area contributed by atoms with Crippen LogP contribution in [0.2, 0.25) is 0 Å². The van der Waals surface area contributed by atoms with Crippen molar-refractivity contribution >= 4 is 5.91 Å². The zero-order chi connectivity index (χ0) is 15.9. The van der Waals surface area contributed by atoms with Crippen LogP contribution in [0.4, 0.5) is 0 Å². The molecular weight excluding hydrogens is 274 g/mol. The van der Waals surface area contributed by atoms with Gasteiger partial charge in [0.25, 0.3) is 0 Å². The fourth-order valence-corrected chi connectivity index (χ4v) is 3.31. The summed E-state index contributed by atoms with van der Waals surface area (Å²) in [5.74, 6) is 0.844. The van der Waals surface area contributed by atoms with Crippen molar-refractivity contribution in [2.24, 2.45) is 5.92 Å². The smallest absolute Gasteiger partial charge is 0.240 e. The summed E-state index contributed by atoms with van der Waals surface area (Å²) in [5.41, 5.74) is 1.21. The lowest BCUT2D eigenvalue weighted by Crippen LogP contribution is -2.50. The molecule has 1 fully saturated rings. The molecule has 0 radical (unpaired) electrons. The van der Waals surface area contributed by atoms with Crippen molar-refractivity contribution in [3.05, 3.63) is 35.9 Å². The van der Waals surface area contributed by atoms with Crippen molar-refractivity contribution in [1.82, 2.24) is 15.1 Å². The highest BCUT2D eigenvalue weighted by Gasteiger charge is 2.28. The highest BCUT2D eigenvalue weighted by Crippen LogP contribution is 2.18. The van der Waals surface area contributed by atoms with Crippen LogP contribution in [-0.2, 0) is 11.2 Å². The Morgan fingerprint density at radius 2 is 2.09 bits per heavy atom. The molecule has 2 rings (SSSR count). The molecule has 1 unspecified atom stereocenters. The van der Waals surface area contributed by atoms with E-state index in [1.165, 1.54) is 12.0 Å². The number of likely N-dealkylation sites (N-methyl/N-ethyl adjacent to an activating group) is 1. The van der Waals surface area contributed by atoms with Crippen molar-refractivity contribution in [1.29, 1.82) is 0 Å². The second-order valence-corrected chi connectivity index (χ2v) is 6.59. The number of rotatable bonds is 6. The minimum absolute atomic E-state index is 0.125. The van der Waals surface area contributed by atoms with Gasteiger partial charge in [0.2, 0.25) is 5.91 Å². The van der Waals surface area contributed by atoms with Crippen LogP contribution in [0.3, 0.4) is 0 Å². The molecular formula is C18H29N3O. The average molecular weight is 303 g/mol. The fourth-order valence-electron chi connectivity index (χ4n) is 3.31. The maximum absolute atomic E-state index is 12.8. The predicted octanol–water partition coefficient (Wildman–Crippen LogP) is 1.62. The van der Waals surface area contributed by atoms with Gasteiger partial charge in [-0.25, -0.2) is 0 Å². The predicted molar refractivity (Wildman–Crippen MR) is 90.9 cm³/mol. The number of nitrogens with zero attached hydrogens (tertiary/aromatic N) is 2. The van der Waals surface area contributed by atoms with E-state index in [-0.39, 0.29) is 11.9 Å². The Morgan fingerprint density at radius 3 is 2.73 bits per heavy atom. The lowest BCUT2D eigenvalue weighted by molar-refractivity contribution is -0.135. The summed E-state index contributed by atoms with van der Waals surface area (Å²) < 4.78 is 0. The summed E-state index contributed by atoms with van der Waals surface area (Å²) >= 11 is 0. The normalized spacial score (nSPS) is 20.2. The van der Waals surface area contributed by atoms with Gasteiger partial charge in [0.1, 0.15) is 0 Å². The quantitative estimate of drug-likeness (QED) is 0.867. The summed E-state index contributed by atoms with van der Waals surface area (Å²) in [6, 6.07) is 10.1. The molecule has 1 amide bonds. The van der Waals surface area contributed by atoms with Crippen LogP contribution in [0.15, 0.2) is 30.3 Å². The zero-order valence-corrected chi connectivity index (χ0v) is 14.1. The minimum Gasteiger partial charge on any atom is -0.341 e. The van der Waals surface area contributed by atoms with Crippen molar-refractivity contribution in [2.75, 3.05) is 40.8 Å². The first-order chi connectivity index (χ1) is 10.6. The molecule has 0 bridgehead atoms. The van der Waals surface area contributed by atoms with Gasteiger partial charge >= 0.3 is 0 Å². The molecule has 4 nitrogen and oxygen atoms in total. The maximum Gasteiger partial charge on any atom is 0.240 e. The molecule has 0 aliphatic carbocycles. The summed E-state index contributed by atoms with van der Waals surface area (Å²) in [6.45, 7) is 2.85. The van der Waals surface area contributed by atoms with Gasteiger partial charge in [-0.1, -0.05) is 30.3 Å². The Bertz CT molecular complexity index is 461. The Hall–Kier alpha value is -1.39. The van der Waals surface area contributed by atoms with Crippen molar-refractivity contribution in [3.8, 4) is 0 Å². The SMILES string of the molecule is CNC(Cc1ccccc1)C(=O)N1CCC[C@@H](CN(C)C)C1. The third kappa shape index (κ3) is 4.82. The van der Waals surface area contributed by atoms with E-state index in [4.69, 9.17) is 0 Å². The molecule has 1 N–H and O–H groups in total. The number of carbonyl (C=O) groups is 1. The van der Waals surface area contributed by atoms with Gasteiger partial charge < -0.3 is 15.1 Å². The van der Waals surface area contributed by atoms with Crippen LogP contribution in [0, 0.1) is 5.92 Å². The first-order valence-electron chi connectivity index (χ1n) is 8.25. The van der Waals surface area contributed by atoms with Crippen molar-refractivity contribution in [2.45, 2.75) is 25.3 Å². The number of hydrogen-bond acceptors (Lipinski definition) is 3. The number of nitrogens with one attached hydrogen (secondary N) is 1.